The summed E-state index contributed by atoms with van der Waals surface area (Å²) < 4.78 is 1.41. The Hall–Kier alpha value is -2.47. The Kier molecular flexibility index (Phi) is 3.49. The van der Waals surface area contributed by atoms with Crippen LogP contribution in [0, 0.1) is 11.8 Å². The molecule has 0 saturated heterocycles. The largest absolute Gasteiger partial charge is 0.508 e. The number of hydrogen-bond donors (Lipinski definition) is 1. The van der Waals surface area contributed by atoms with Gasteiger partial charge in [0.05, 0.1) is 5.69 Å². The summed E-state index contributed by atoms with van der Waals surface area (Å²) in [6.45, 7) is 0. The average Bonchev–Trinajstić information content (AvgIpc) is 2.36. The van der Waals surface area contributed by atoms with Gasteiger partial charge in [-0.2, -0.15) is 0 Å². The molecular weight excluding hydrogens is 226 g/mol. The maximum atomic E-state index is 11.4. The first-order valence-corrected chi connectivity index (χ1v) is 5.59. The van der Waals surface area contributed by atoms with Crippen LogP contribution in [0.1, 0.15) is 11.3 Å². The maximum absolute atomic E-state index is 11.4. The zero-order valence-corrected chi connectivity index (χ0v) is 10.1. The molecule has 1 N–H and O–H groups in total. The lowest BCUT2D eigenvalue weighted by molar-refractivity contribution is 0.471. The fourth-order valence-electron chi connectivity index (χ4n) is 1.57. The van der Waals surface area contributed by atoms with E-state index in [0.717, 1.165) is 5.56 Å². The minimum Gasteiger partial charge on any atom is -0.508 e. The van der Waals surface area contributed by atoms with Crippen molar-refractivity contribution in [2.24, 2.45) is 7.05 Å². The Morgan fingerprint density at radius 1 is 1.22 bits per heavy atom. The second-order valence-electron chi connectivity index (χ2n) is 3.96. The van der Waals surface area contributed by atoms with Crippen molar-refractivity contribution in [2.45, 2.75) is 6.42 Å². The van der Waals surface area contributed by atoms with E-state index in [0.29, 0.717) is 12.1 Å². The van der Waals surface area contributed by atoms with Crippen molar-refractivity contribution in [3.8, 4) is 17.6 Å². The molecule has 0 aliphatic heterocycles. The van der Waals surface area contributed by atoms with E-state index in [1.807, 2.05) is 30.3 Å². The van der Waals surface area contributed by atoms with Crippen LogP contribution in [0.15, 0.2) is 47.3 Å². The number of aromatic hydroxyl groups is 1. The molecule has 0 saturated carbocycles. The number of pyridine rings is 1. The van der Waals surface area contributed by atoms with Gasteiger partial charge in [0.2, 0.25) is 0 Å². The standard InChI is InChI=1S/C15H13NO2/c1-16-13(10-14(17)11-15(16)18)9-5-8-12-6-3-2-4-7-12/h2-4,6-7,10-11,17H,8H2,1H3. The zero-order chi connectivity index (χ0) is 13.0. The third kappa shape index (κ3) is 2.80. The van der Waals surface area contributed by atoms with Crippen molar-refractivity contribution in [1.82, 2.24) is 4.57 Å². The highest BCUT2D eigenvalue weighted by molar-refractivity contribution is 5.35. The van der Waals surface area contributed by atoms with E-state index in [4.69, 9.17) is 0 Å². The molecule has 0 radical (unpaired) electrons. The minimum absolute atomic E-state index is 0.0536. The topological polar surface area (TPSA) is 42.2 Å². The lowest BCUT2D eigenvalue weighted by Gasteiger charge is -2.01. The fraction of sp³-hybridized carbons (Fsp3) is 0.133. The third-order valence-corrected chi connectivity index (χ3v) is 2.60. The van der Waals surface area contributed by atoms with Gasteiger partial charge in [-0.25, -0.2) is 0 Å². The molecule has 1 aromatic heterocycles. The van der Waals surface area contributed by atoms with Gasteiger partial charge in [0.15, 0.2) is 0 Å². The van der Waals surface area contributed by atoms with Crippen LogP contribution in [0.3, 0.4) is 0 Å². The highest BCUT2D eigenvalue weighted by Crippen LogP contribution is 2.06. The summed E-state index contributed by atoms with van der Waals surface area (Å²) in [6.07, 6.45) is 0.616. The van der Waals surface area contributed by atoms with Crippen molar-refractivity contribution in [1.29, 1.82) is 0 Å². The third-order valence-electron chi connectivity index (χ3n) is 2.60. The van der Waals surface area contributed by atoms with E-state index in [1.165, 1.54) is 16.7 Å². The van der Waals surface area contributed by atoms with Crippen molar-refractivity contribution in [3.63, 3.8) is 0 Å². The van der Waals surface area contributed by atoms with Crippen LogP contribution in [0.5, 0.6) is 5.75 Å². The van der Waals surface area contributed by atoms with Crippen LogP contribution in [0.2, 0.25) is 0 Å². The molecule has 3 heteroatoms. The monoisotopic (exact) mass is 239 g/mol. The first-order chi connectivity index (χ1) is 8.66. The number of rotatable bonds is 1. The van der Waals surface area contributed by atoms with Crippen molar-refractivity contribution < 1.29 is 5.11 Å². The number of benzene rings is 1. The van der Waals surface area contributed by atoms with Gasteiger partial charge in [0.1, 0.15) is 5.75 Å². The van der Waals surface area contributed by atoms with Crippen LogP contribution in [-0.2, 0) is 13.5 Å². The molecule has 0 aliphatic carbocycles. The second-order valence-corrected chi connectivity index (χ2v) is 3.96. The molecule has 2 aromatic rings. The quantitative estimate of drug-likeness (QED) is 0.769. The van der Waals surface area contributed by atoms with E-state index >= 15 is 0 Å². The molecule has 0 bridgehead atoms. The number of hydrogen-bond acceptors (Lipinski definition) is 2. The highest BCUT2D eigenvalue weighted by atomic mass is 16.3. The Bertz CT molecular complexity index is 660. The lowest BCUT2D eigenvalue weighted by Crippen LogP contribution is -2.17. The molecule has 90 valence electrons. The summed E-state index contributed by atoms with van der Waals surface area (Å²) in [5.41, 5.74) is 1.37. The Morgan fingerprint density at radius 3 is 2.67 bits per heavy atom. The molecular formula is C15H13NO2. The molecule has 0 atom stereocenters. The first-order valence-electron chi connectivity index (χ1n) is 5.59. The molecule has 1 heterocycles. The molecule has 18 heavy (non-hydrogen) atoms. The summed E-state index contributed by atoms with van der Waals surface area (Å²) in [6, 6.07) is 12.5. The lowest BCUT2D eigenvalue weighted by atomic mass is 10.1. The molecule has 3 nitrogen and oxygen atoms in total. The van der Waals surface area contributed by atoms with Crippen LogP contribution < -0.4 is 5.56 Å². The van der Waals surface area contributed by atoms with Gasteiger partial charge in [-0.05, 0) is 11.5 Å². The molecule has 1 aromatic carbocycles. The summed E-state index contributed by atoms with van der Waals surface area (Å²) in [4.78, 5) is 11.4. The van der Waals surface area contributed by atoms with Gasteiger partial charge < -0.3 is 9.67 Å². The SMILES string of the molecule is Cn1c(C#CCc2ccccc2)cc(O)cc1=O. The van der Waals surface area contributed by atoms with Gasteiger partial charge in [-0.3, -0.25) is 4.79 Å². The second kappa shape index (κ2) is 5.24. The number of aromatic nitrogens is 1. The zero-order valence-electron chi connectivity index (χ0n) is 10.1. The molecule has 0 fully saturated rings. The van der Waals surface area contributed by atoms with Gasteiger partial charge in [0.25, 0.3) is 5.56 Å². The van der Waals surface area contributed by atoms with Gasteiger partial charge >= 0.3 is 0 Å². The predicted octanol–water partition coefficient (Wildman–Crippen LogP) is 1.69. The molecule has 0 amide bonds. The molecule has 0 aliphatic rings. The summed E-state index contributed by atoms with van der Waals surface area (Å²) in [5, 5.41) is 9.35. The van der Waals surface area contributed by atoms with Crippen molar-refractivity contribution in [2.75, 3.05) is 0 Å². The highest BCUT2D eigenvalue weighted by Gasteiger charge is 1.99. The molecule has 0 spiro atoms. The fourth-order valence-corrected chi connectivity index (χ4v) is 1.57. The molecule has 0 unspecified atom stereocenters. The first kappa shape index (κ1) is 12.0. The van der Waals surface area contributed by atoms with Gasteiger partial charge in [-0.1, -0.05) is 36.3 Å². The number of nitrogens with zero attached hydrogens (tertiary/aromatic N) is 1. The van der Waals surface area contributed by atoms with E-state index in [9.17, 15) is 9.90 Å². The van der Waals surface area contributed by atoms with Gasteiger partial charge in [-0.15, -0.1) is 0 Å². The Morgan fingerprint density at radius 2 is 1.94 bits per heavy atom. The van der Waals surface area contributed by atoms with Crippen LogP contribution in [0.25, 0.3) is 0 Å². The molecule has 2 rings (SSSR count). The Labute approximate surface area is 105 Å². The van der Waals surface area contributed by atoms with E-state index < -0.39 is 0 Å². The van der Waals surface area contributed by atoms with Crippen LogP contribution >= 0.6 is 0 Å². The van der Waals surface area contributed by atoms with Crippen LogP contribution in [0.4, 0.5) is 0 Å². The van der Waals surface area contributed by atoms with Crippen LogP contribution in [-0.4, -0.2) is 9.67 Å². The predicted molar refractivity (Wildman–Crippen MR) is 70.4 cm³/mol. The van der Waals surface area contributed by atoms with Crippen molar-refractivity contribution >= 4 is 0 Å². The summed E-state index contributed by atoms with van der Waals surface area (Å²) >= 11 is 0. The minimum atomic E-state index is -0.265. The Balaban J connectivity index is 2.23. The van der Waals surface area contributed by atoms with E-state index in [2.05, 4.69) is 11.8 Å². The normalized spacial score (nSPS) is 9.61. The summed E-state index contributed by atoms with van der Waals surface area (Å²) in [5.74, 6) is 5.83. The average molecular weight is 239 g/mol. The van der Waals surface area contributed by atoms with Gasteiger partial charge in [0, 0.05) is 25.6 Å². The smallest absolute Gasteiger partial charge is 0.254 e. The van der Waals surface area contributed by atoms with Crippen molar-refractivity contribution in [3.05, 3.63) is 64.1 Å². The van der Waals surface area contributed by atoms with E-state index in [1.54, 1.807) is 7.05 Å². The summed E-state index contributed by atoms with van der Waals surface area (Å²) in [7, 11) is 1.63. The maximum Gasteiger partial charge on any atom is 0.254 e. The van der Waals surface area contributed by atoms with E-state index in [-0.39, 0.29) is 11.3 Å².